The second-order valence-corrected chi connectivity index (χ2v) is 23.1. The number of allylic oxidation sites excluding steroid dienone is 18. The Balaban J connectivity index is 4.17. The highest BCUT2D eigenvalue weighted by atomic mass is 16.6. The standard InChI is InChI=1S/C76H130O6/c1-4-7-10-13-16-19-22-24-26-28-30-32-33-34-35-36-37-38-39-40-41-42-43-45-46-48-50-52-54-57-60-63-66-69-75(78)81-72-73(71-80-74(77)68-65-62-59-56-21-18-15-12-9-6-3)82-76(79)70-67-64-61-58-55-53-51-49-47-44-31-29-27-25-23-20-17-14-11-8-5-2/h8,11-12,15,17,20,22,24-25,27-28,30-31,44,49,51,55,58,73H,4-7,9-10,13-14,16,18-19,21,23,26,29,32-43,45-48,50,52-54,56-57,59-72H2,1-3H3/b11-8-,15-12-,20-17-,24-22-,27-25-,30-28-,44-31-,51-49-,58-55-. The first kappa shape index (κ1) is 78.1. The van der Waals surface area contributed by atoms with E-state index in [1.807, 2.05) is 0 Å². The second kappa shape index (κ2) is 69.6. The van der Waals surface area contributed by atoms with Crippen molar-refractivity contribution < 1.29 is 28.6 Å². The third-order valence-electron chi connectivity index (χ3n) is 15.0. The molecule has 0 aromatic heterocycles. The van der Waals surface area contributed by atoms with Crippen LogP contribution in [0.1, 0.15) is 335 Å². The van der Waals surface area contributed by atoms with E-state index in [0.29, 0.717) is 19.3 Å². The molecular formula is C76H130O6. The smallest absolute Gasteiger partial charge is 0.306 e. The van der Waals surface area contributed by atoms with Crippen LogP contribution in [0.15, 0.2) is 109 Å². The fourth-order valence-electron chi connectivity index (χ4n) is 9.78. The van der Waals surface area contributed by atoms with Gasteiger partial charge in [0.15, 0.2) is 6.10 Å². The topological polar surface area (TPSA) is 78.9 Å². The van der Waals surface area contributed by atoms with Crippen molar-refractivity contribution >= 4 is 17.9 Å². The fraction of sp³-hybridized carbons (Fsp3) is 0.724. The molecule has 1 unspecified atom stereocenters. The molecule has 0 aliphatic heterocycles. The predicted molar refractivity (Wildman–Crippen MR) is 357 cm³/mol. The first-order valence-corrected chi connectivity index (χ1v) is 34.9. The largest absolute Gasteiger partial charge is 0.462 e. The number of esters is 3. The molecule has 0 radical (unpaired) electrons. The van der Waals surface area contributed by atoms with Gasteiger partial charge in [-0.1, -0.05) is 304 Å². The van der Waals surface area contributed by atoms with Gasteiger partial charge in [-0.05, 0) is 122 Å². The van der Waals surface area contributed by atoms with Crippen molar-refractivity contribution in [2.24, 2.45) is 0 Å². The van der Waals surface area contributed by atoms with Crippen molar-refractivity contribution in [2.75, 3.05) is 13.2 Å². The van der Waals surface area contributed by atoms with Gasteiger partial charge in [0.2, 0.25) is 0 Å². The molecule has 0 aliphatic carbocycles. The van der Waals surface area contributed by atoms with E-state index < -0.39 is 6.10 Å². The Hall–Kier alpha value is -3.93. The molecule has 0 bridgehead atoms. The van der Waals surface area contributed by atoms with Gasteiger partial charge in [-0.2, -0.15) is 0 Å². The number of hydrogen-bond acceptors (Lipinski definition) is 6. The van der Waals surface area contributed by atoms with Crippen LogP contribution in [-0.4, -0.2) is 37.2 Å². The average molecular weight is 1140 g/mol. The molecule has 0 saturated heterocycles. The van der Waals surface area contributed by atoms with Gasteiger partial charge in [-0.3, -0.25) is 14.4 Å². The SMILES string of the molecule is CC/C=C\C/C=C\C/C=C\C/C=C\C/C=C\C/C=C\CCCCC(=O)OC(COC(=O)CCCCCCC/C=C\CCC)COC(=O)CCCCCCCCCCCCCCCCCCCCCCC/C=C\C/C=C\CCCCCCC. The molecule has 0 spiro atoms. The van der Waals surface area contributed by atoms with Gasteiger partial charge < -0.3 is 14.2 Å². The molecule has 0 N–H and O–H groups in total. The van der Waals surface area contributed by atoms with Gasteiger partial charge in [0.25, 0.3) is 0 Å². The maximum absolute atomic E-state index is 12.9. The van der Waals surface area contributed by atoms with Crippen molar-refractivity contribution in [3.05, 3.63) is 109 Å². The molecule has 0 fully saturated rings. The van der Waals surface area contributed by atoms with Crippen LogP contribution in [0.3, 0.4) is 0 Å². The number of hydrogen-bond donors (Lipinski definition) is 0. The summed E-state index contributed by atoms with van der Waals surface area (Å²) in [5.74, 6) is -0.943. The van der Waals surface area contributed by atoms with Crippen molar-refractivity contribution in [2.45, 2.75) is 341 Å². The minimum atomic E-state index is -0.805. The van der Waals surface area contributed by atoms with Crippen molar-refractivity contribution in [3.8, 4) is 0 Å². The lowest BCUT2D eigenvalue weighted by Gasteiger charge is -2.18. The summed E-state index contributed by atoms with van der Waals surface area (Å²) in [7, 11) is 0. The Bertz CT molecular complexity index is 1640. The van der Waals surface area contributed by atoms with E-state index in [-0.39, 0.29) is 37.5 Å². The number of unbranched alkanes of at least 4 members (excludes halogenated alkanes) is 34. The molecule has 0 heterocycles. The van der Waals surface area contributed by atoms with Crippen LogP contribution in [-0.2, 0) is 28.6 Å². The number of carbonyl (C=O) groups excluding carboxylic acids is 3. The molecule has 0 amide bonds. The minimum absolute atomic E-state index is 0.0969. The monoisotopic (exact) mass is 1140 g/mol. The van der Waals surface area contributed by atoms with Crippen molar-refractivity contribution in [1.82, 2.24) is 0 Å². The Morgan fingerprint density at radius 3 is 0.829 bits per heavy atom. The van der Waals surface area contributed by atoms with E-state index in [9.17, 15) is 14.4 Å². The first-order chi connectivity index (χ1) is 40.5. The van der Waals surface area contributed by atoms with E-state index in [1.54, 1.807) is 0 Å². The van der Waals surface area contributed by atoms with Crippen LogP contribution >= 0.6 is 0 Å². The van der Waals surface area contributed by atoms with E-state index in [2.05, 4.69) is 130 Å². The predicted octanol–water partition coefficient (Wildman–Crippen LogP) is 24.2. The van der Waals surface area contributed by atoms with Crippen LogP contribution in [0.5, 0.6) is 0 Å². The summed E-state index contributed by atoms with van der Waals surface area (Å²) in [6, 6.07) is 0. The lowest BCUT2D eigenvalue weighted by molar-refractivity contribution is -0.167. The summed E-state index contributed by atoms with van der Waals surface area (Å²) >= 11 is 0. The van der Waals surface area contributed by atoms with Crippen molar-refractivity contribution in [3.63, 3.8) is 0 Å². The van der Waals surface area contributed by atoms with Crippen LogP contribution in [0.2, 0.25) is 0 Å². The molecule has 0 rings (SSSR count). The first-order valence-electron chi connectivity index (χ1n) is 34.9. The summed E-state index contributed by atoms with van der Waals surface area (Å²) < 4.78 is 16.9. The summed E-state index contributed by atoms with van der Waals surface area (Å²) in [5, 5.41) is 0. The second-order valence-electron chi connectivity index (χ2n) is 23.1. The number of ether oxygens (including phenoxy) is 3. The molecule has 6 heteroatoms. The van der Waals surface area contributed by atoms with Gasteiger partial charge in [0, 0.05) is 19.3 Å². The summed E-state index contributed by atoms with van der Waals surface area (Å²) in [4.78, 5) is 38.3. The summed E-state index contributed by atoms with van der Waals surface area (Å²) in [6.45, 7) is 6.44. The Morgan fingerprint density at radius 1 is 0.256 bits per heavy atom. The zero-order chi connectivity index (χ0) is 59.2. The molecule has 82 heavy (non-hydrogen) atoms. The zero-order valence-corrected chi connectivity index (χ0v) is 54.0. The highest BCUT2D eigenvalue weighted by molar-refractivity contribution is 5.71. The van der Waals surface area contributed by atoms with Gasteiger partial charge in [0.1, 0.15) is 13.2 Å². The highest BCUT2D eigenvalue weighted by Gasteiger charge is 2.19. The molecule has 0 aliphatic rings. The van der Waals surface area contributed by atoms with Crippen LogP contribution < -0.4 is 0 Å². The van der Waals surface area contributed by atoms with Crippen LogP contribution in [0, 0.1) is 0 Å². The lowest BCUT2D eigenvalue weighted by Crippen LogP contribution is -2.30. The quantitative estimate of drug-likeness (QED) is 0.0261. The Labute approximate surface area is 508 Å². The van der Waals surface area contributed by atoms with Gasteiger partial charge >= 0.3 is 17.9 Å². The Morgan fingerprint density at radius 2 is 0.500 bits per heavy atom. The van der Waals surface area contributed by atoms with Gasteiger partial charge in [-0.25, -0.2) is 0 Å². The van der Waals surface area contributed by atoms with Gasteiger partial charge in [0.05, 0.1) is 0 Å². The average Bonchev–Trinajstić information content (AvgIpc) is 3.47. The van der Waals surface area contributed by atoms with E-state index in [4.69, 9.17) is 14.2 Å². The lowest BCUT2D eigenvalue weighted by atomic mass is 10.0. The summed E-state index contributed by atoms with van der Waals surface area (Å²) in [5.41, 5.74) is 0. The highest BCUT2D eigenvalue weighted by Crippen LogP contribution is 2.17. The van der Waals surface area contributed by atoms with E-state index in [1.165, 1.54) is 173 Å². The molecule has 470 valence electrons. The minimum Gasteiger partial charge on any atom is -0.462 e. The molecule has 0 aromatic carbocycles. The van der Waals surface area contributed by atoms with Crippen LogP contribution in [0.25, 0.3) is 0 Å². The summed E-state index contributed by atoms with van der Waals surface area (Å²) in [6.07, 6.45) is 95.7. The maximum atomic E-state index is 12.9. The number of rotatable bonds is 63. The molecule has 1 atom stereocenters. The van der Waals surface area contributed by atoms with E-state index in [0.717, 1.165) is 116 Å². The van der Waals surface area contributed by atoms with Crippen LogP contribution in [0.4, 0.5) is 0 Å². The Kier molecular flexibility index (Phi) is 66.2. The molecule has 0 saturated carbocycles. The third kappa shape index (κ3) is 66.9. The molecule has 6 nitrogen and oxygen atoms in total. The fourth-order valence-corrected chi connectivity index (χ4v) is 9.78. The third-order valence-corrected chi connectivity index (χ3v) is 15.0. The van der Waals surface area contributed by atoms with Crippen molar-refractivity contribution in [1.29, 1.82) is 0 Å². The van der Waals surface area contributed by atoms with E-state index >= 15 is 0 Å². The van der Waals surface area contributed by atoms with Gasteiger partial charge in [-0.15, -0.1) is 0 Å². The number of carbonyl (C=O) groups is 3. The molecule has 0 aromatic rings. The zero-order valence-electron chi connectivity index (χ0n) is 54.0. The maximum Gasteiger partial charge on any atom is 0.306 e. The molecular weight excluding hydrogens is 1010 g/mol. The normalized spacial score (nSPS) is 12.8.